The van der Waals surface area contributed by atoms with Crippen LogP contribution in [0.3, 0.4) is 0 Å². The molecule has 0 aliphatic rings. The molecule has 0 spiro atoms. The van der Waals surface area contributed by atoms with Crippen molar-refractivity contribution >= 4 is 37.3 Å². The Morgan fingerprint density at radius 2 is 1.86 bits per heavy atom. The number of methoxy groups -OCH3 is 2. The lowest BCUT2D eigenvalue weighted by atomic mass is 10.3. The molecular weight excluding hydrogens is 390 g/mol. The van der Waals surface area contributed by atoms with Gasteiger partial charge in [0.25, 0.3) is 0 Å². The molecule has 5 nitrogen and oxygen atoms in total. The van der Waals surface area contributed by atoms with Gasteiger partial charge in [-0.25, -0.2) is 13.1 Å². The molecule has 2 rings (SSSR count). The van der Waals surface area contributed by atoms with Crippen LogP contribution in [0.25, 0.3) is 0 Å². The summed E-state index contributed by atoms with van der Waals surface area (Å²) in [5.74, 6) is 0.814. The largest absolute Gasteiger partial charge is 0.493 e. The van der Waals surface area contributed by atoms with Crippen LogP contribution in [0, 0.1) is 0 Å². The van der Waals surface area contributed by atoms with E-state index >= 15 is 0 Å². The fraction of sp³-hybridized carbons (Fsp3) is 0.286. The molecule has 8 heteroatoms. The second-order valence-corrected chi connectivity index (χ2v) is 8.01. The van der Waals surface area contributed by atoms with Crippen LogP contribution in [0.5, 0.6) is 11.5 Å². The number of hydrogen-bond acceptors (Lipinski definition) is 5. The van der Waals surface area contributed by atoms with Crippen LogP contribution in [-0.4, -0.2) is 22.6 Å². The van der Waals surface area contributed by atoms with E-state index in [-0.39, 0.29) is 10.9 Å². The van der Waals surface area contributed by atoms with Crippen LogP contribution < -0.4 is 14.2 Å². The van der Waals surface area contributed by atoms with E-state index in [4.69, 9.17) is 9.47 Å². The highest BCUT2D eigenvalue weighted by molar-refractivity contribution is 9.10. The molecule has 0 bridgehead atoms. The Bertz CT molecular complexity index is 744. The summed E-state index contributed by atoms with van der Waals surface area (Å²) in [5, 5.41) is 1.91. The minimum Gasteiger partial charge on any atom is -0.493 e. The van der Waals surface area contributed by atoms with Gasteiger partial charge in [0.2, 0.25) is 10.0 Å². The van der Waals surface area contributed by atoms with Crippen molar-refractivity contribution in [3.8, 4) is 11.5 Å². The smallest absolute Gasteiger partial charge is 0.242 e. The predicted octanol–water partition coefficient (Wildman–Crippen LogP) is 3.57. The maximum absolute atomic E-state index is 12.6. The van der Waals surface area contributed by atoms with E-state index in [1.54, 1.807) is 13.0 Å². The lowest BCUT2D eigenvalue weighted by Gasteiger charge is -2.16. The van der Waals surface area contributed by atoms with Crippen LogP contribution in [0.1, 0.15) is 17.8 Å². The molecule has 120 valence electrons. The van der Waals surface area contributed by atoms with Crippen LogP contribution >= 0.6 is 27.3 Å². The fourth-order valence-electron chi connectivity index (χ4n) is 1.93. The summed E-state index contributed by atoms with van der Waals surface area (Å²) < 4.78 is 38.6. The molecule has 1 heterocycles. The molecule has 0 saturated carbocycles. The Morgan fingerprint density at radius 1 is 1.23 bits per heavy atom. The van der Waals surface area contributed by atoms with Crippen LogP contribution in [0.2, 0.25) is 0 Å². The summed E-state index contributed by atoms with van der Waals surface area (Å²) in [7, 11) is -0.742. The highest BCUT2D eigenvalue weighted by atomic mass is 79.9. The van der Waals surface area contributed by atoms with Crippen LogP contribution in [0.4, 0.5) is 0 Å². The first-order chi connectivity index (χ1) is 10.4. The fourth-order valence-corrected chi connectivity index (χ4v) is 5.00. The van der Waals surface area contributed by atoms with E-state index in [1.807, 2.05) is 17.5 Å². The van der Waals surface area contributed by atoms with Gasteiger partial charge in [0, 0.05) is 15.4 Å². The molecule has 0 saturated heterocycles. The number of rotatable bonds is 6. The van der Waals surface area contributed by atoms with Gasteiger partial charge < -0.3 is 9.47 Å². The number of halogens is 1. The molecule has 0 fully saturated rings. The average Bonchev–Trinajstić information content (AvgIpc) is 3.00. The van der Waals surface area contributed by atoms with Gasteiger partial charge in [-0.15, -0.1) is 11.3 Å². The third-order valence-electron chi connectivity index (χ3n) is 3.03. The minimum atomic E-state index is -3.70. The van der Waals surface area contributed by atoms with Gasteiger partial charge in [-0.1, -0.05) is 6.07 Å². The number of benzene rings is 1. The molecule has 1 aromatic carbocycles. The summed E-state index contributed by atoms with van der Waals surface area (Å²) >= 11 is 4.78. The molecule has 1 aromatic heterocycles. The number of nitrogens with one attached hydrogen (secondary N) is 1. The van der Waals surface area contributed by atoms with Crippen molar-refractivity contribution in [3.05, 3.63) is 39.0 Å². The highest BCUT2D eigenvalue weighted by Crippen LogP contribution is 2.36. The lowest BCUT2D eigenvalue weighted by Crippen LogP contribution is -2.26. The molecule has 1 N–H and O–H groups in total. The predicted molar refractivity (Wildman–Crippen MR) is 90.3 cm³/mol. The Morgan fingerprint density at radius 3 is 2.41 bits per heavy atom. The van der Waals surface area contributed by atoms with E-state index in [9.17, 15) is 8.42 Å². The van der Waals surface area contributed by atoms with Crippen molar-refractivity contribution < 1.29 is 17.9 Å². The molecule has 0 unspecified atom stereocenters. The van der Waals surface area contributed by atoms with Crippen molar-refractivity contribution in [2.24, 2.45) is 0 Å². The number of ether oxygens (including phenoxy) is 2. The Labute approximate surface area is 142 Å². The maximum atomic E-state index is 12.6. The molecule has 0 aliphatic carbocycles. The van der Waals surface area contributed by atoms with Gasteiger partial charge in [0.05, 0.1) is 20.3 Å². The van der Waals surface area contributed by atoms with Crippen molar-refractivity contribution in [1.82, 2.24) is 4.72 Å². The number of thiophene rings is 1. The highest BCUT2D eigenvalue weighted by Gasteiger charge is 2.23. The standard InChI is InChI=1S/C14H16BrNO4S2/c1-9(13-5-4-6-21-13)16-22(17,18)14-8-12(20-3)11(19-2)7-10(14)15/h4-9,16H,1-3H3/t9-/m0/s1. The zero-order chi connectivity index (χ0) is 16.3. The average molecular weight is 406 g/mol. The molecule has 0 radical (unpaired) electrons. The van der Waals surface area contributed by atoms with Crippen LogP contribution in [0.15, 0.2) is 39.0 Å². The van der Waals surface area contributed by atoms with Crippen molar-refractivity contribution in [1.29, 1.82) is 0 Å². The Balaban J connectivity index is 2.37. The lowest BCUT2D eigenvalue weighted by molar-refractivity contribution is 0.353. The van der Waals surface area contributed by atoms with Gasteiger partial charge in [0.15, 0.2) is 11.5 Å². The van der Waals surface area contributed by atoms with E-state index in [2.05, 4.69) is 20.7 Å². The normalized spacial score (nSPS) is 12.9. The zero-order valence-corrected chi connectivity index (χ0v) is 15.5. The molecule has 0 aliphatic heterocycles. The molecular formula is C14H16BrNO4S2. The van der Waals surface area contributed by atoms with Gasteiger partial charge in [-0.3, -0.25) is 0 Å². The topological polar surface area (TPSA) is 64.6 Å². The number of hydrogen-bond donors (Lipinski definition) is 1. The second-order valence-electron chi connectivity index (χ2n) is 4.50. The van der Waals surface area contributed by atoms with Crippen molar-refractivity contribution in [2.45, 2.75) is 17.9 Å². The quantitative estimate of drug-likeness (QED) is 0.797. The first kappa shape index (κ1) is 17.3. The van der Waals surface area contributed by atoms with Gasteiger partial charge >= 0.3 is 0 Å². The maximum Gasteiger partial charge on any atom is 0.242 e. The van der Waals surface area contributed by atoms with Gasteiger partial charge in [-0.05, 0) is 40.4 Å². The molecule has 2 aromatic rings. The zero-order valence-electron chi connectivity index (χ0n) is 12.3. The molecule has 1 atom stereocenters. The van der Waals surface area contributed by atoms with E-state index < -0.39 is 10.0 Å². The van der Waals surface area contributed by atoms with Crippen molar-refractivity contribution in [3.63, 3.8) is 0 Å². The molecule has 0 amide bonds. The third-order valence-corrected chi connectivity index (χ3v) is 6.58. The number of sulfonamides is 1. The Hall–Kier alpha value is -1.09. The summed E-state index contributed by atoms with van der Waals surface area (Å²) in [6.45, 7) is 1.80. The summed E-state index contributed by atoms with van der Waals surface area (Å²) in [5.41, 5.74) is 0. The summed E-state index contributed by atoms with van der Waals surface area (Å²) in [6.07, 6.45) is 0. The second kappa shape index (κ2) is 6.99. The first-order valence-electron chi connectivity index (χ1n) is 6.36. The first-order valence-corrected chi connectivity index (χ1v) is 9.52. The van der Waals surface area contributed by atoms with Crippen molar-refractivity contribution in [2.75, 3.05) is 14.2 Å². The van der Waals surface area contributed by atoms with Crippen LogP contribution in [-0.2, 0) is 10.0 Å². The minimum absolute atomic E-state index is 0.105. The van der Waals surface area contributed by atoms with Gasteiger partial charge in [-0.2, -0.15) is 0 Å². The third kappa shape index (κ3) is 3.62. The SMILES string of the molecule is COc1cc(Br)c(S(=O)(=O)N[C@@H](C)c2cccs2)cc1OC. The van der Waals surface area contributed by atoms with E-state index in [1.165, 1.54) is 31.6 Å². The van der Waals surface area contributed by atoms with E-state index in [0.29, 0.717) is 16.0 Å². The monoisotopic (exact) mass is 405 g/mol. The van der Waals surface area contributed by atoms with E-state index in [0.717, 1.165) is 4.88 Å². The Kier molecular flexibility index (Phi) is 5.49. The van der Waals surface area contributed by atoms with Gasteiger partial charge in [0.1, 0.15) is 4.90 Å². The summed E-state index contributed by atoms with van der Waals surface area (Å²) in [6, 6.07) is 6.47. The molecule has 22 heavy (non-hydrogen) atoms. The summed E-state index contributed by atoms with van der Waals surface area (Å²) in [4.78, 5) is 1.05.